The van der Waals surface area contributed by atoms with Gasteiger partial charge in [0.05, 0.1) is 18.0 Å². The number of ether oxygens (including phenoxy) is 1. The summed E-state index contributed by atoms with van der Waals surface area (Å²) in [6.45, 7) is 18.2. The molecule has 0 saturated carbocycles. The number of nitrogens with two attached hydrogens (primary N) is 1. The zero-order chi connectivity index (χ0) is 24.7. The van der Waals surface area contributed by atoms with Gasteiger partial charge in [-0.2, -0.15) is 4.98 Å². The van der Waals surface area contributed by atoms with Crippen molar-refractivity contribution < 1.29 is 17.7 Å². The number of hydrogen-bond donors (Lipinski definition) is 1. The fourth-order valence-corrected chi connectivity index (χ4v) is 18.3. The standard InChI is InChI=1S/C22H41N3O5SSi2/c1-13(2)32(14(3)4)28-12-17-19(29-33(30-32,15(5)6)16(7)8)20(27-9)21(31-17)25-11-10-18(23)24-22(25)26/h10-11,13-17,19-21H,12H2,1-9H3,(H2,23,24,26)/t17-,19-,20-,21-/m1/s1. The van der Waals surface area contributed by atoms with Crippen molar-refractivity contribution >= 4 is 34.7 Å². The Morgan fingerprint density at radius 1 is 1.09 bits per heavy atom. The number of hydrogen-bond acceptors (Lipinski definition) is 8. The van der Waals surface area contributed by atoms with Crippen molar-refractivity contribution in [3.63, 3.8) is 0 Å². The molecule has 2 aliphatic rings. The van der Waals surface area contributed by atoms with Crippen LogP contribution in [-0.2, 0) is 17.7 Å². The maximum absolute atomic E-state index is 12.7. The van der Waals surface area contributed by atoms with E-state index in [1.807, 2.05) is 0 Å². The van der Waals surface area contributed by atoms with Gasteiger partial charge in [-0.05, 0) is 28.2 Å². The Kier molecular flexibility index (Phi) is 8.25. The van der Waals surface area contributed by atoms with Crippen LogP contribution in [-0.4, -0.2) is 57.8 Å². The third-order valence-electron chi connectivity index (χ3n) is 7.01. The molecular formula is C22H41N3O5SSi2. The van der Waals surface area contributed by atoms with Gasteiger partial charge >= 0.3 is 22.8 Å². The van der Waals surface area contributed by atoms with Crippen molar-refractivity contribution in [1.82, 2.24) is 9.55 Å². The van der Waals surface area contributed by atoms with Crippen LogP contribution in [0.3, 0.4) is 0 Å². The summed E-state index contributed by atoms with van der Waals surface area (Å²) < 4.78 is 28.9. The van der Waals surface area contributed by atoms with Crippen LogP contribution in [0.1, 0.15) is 60.8 Å². The number of rotatable bonds is 6. The van der Waals surface area contributed by atoms with E-state index in [4.69, 9.17) is 23.4 Å². The molecule has 0 aromatic carbocycles. The fraction of sp³-hybridized carbons (Fsp3) is 0.818. The van der Waals surface area contributed by atoms with E-state index in [1.165, 1.54) is 0 Å². The van der Waals surface area contributed by atoms with Crippen LogP contribution in [0.25, 0.3) is 0 Å². The predicted octanol–water partition coefficient (Wildman–Crippen LogP) is 4.41. The molecule has 3 heterocycles. The molecule has 3 rings (SSSR count). The Balaban J connectivity index is 2.11. The quantitative estimate of drug-likeness (QED) is 0.556. The number of nitrogen functional groups attached to an aromatic ring is 1. The zero-order valence-electron chi connectivity index (χ0n) is 21.4. The predicted molar refractivity (Wildman–Crippen MR) is 138 cm³/mol. The fourth-order valence-electron chi connectivity index (χ4n) is 5.22. The summed E-state index contributed by atoms with van der Waals surface area (Å²) >= 11 is 1.67. The van der Waals surface area contributed by atoms with Gasteiger partial charge in [-0.3, -0.25) is 4.57 Å². The first-order valence-corrected chi connectivity index (χ1v) is 16.8. The summed E-state index contributed by atoms with van der Waals surface area (Å²) in [5.41, 5.74) is 6.37. The van der Waals surface area contributed by atoms with Gasteiger partial charge in [0.1, 0.15) is 17.3 Å². The SMILES string of the molecule is CO[C@@H]1[C@@H]2O[Si](C(C)C)(C(C)C)O[Si](C(C)C)(C(C)C)OC[C@H]2S[C@H]1n1ccc(N)nc1=O. The Hall–Kier alpha value is -0.696. The molecule has 11 heteroatoms. The molecule has 0 amide bonds. The molecule has 0 aliphatic carbocycles. The second-order valence-corrected chi connectivity index (χ2v) is 20.6. The topological polar surface area (TPSA) is 97.8 Å². The van der Waals surface area contributed by atoms with E-state index in [-0.39, 0.29) is 56.5 Å². The molecular weight excluding hydrogens is 474 g/mol. The molecule has 2 fully saturated rings. The van der Waals surface area contributed by atoms with E-state index >= 15 is 0 Å². The van der Waals surface area contributed by atoms with Crippen molar-refractivity contribution in [3.05, 3.63) is 22.7 Å². The second-order valence-electron chi connectivity index (χ2n) is 10.4. The maximum Gasteiger partial charge on any atom is 0.350 e. The van der Waals surface area contributed by atoms with Crippen molar-refractivity contribution in [1.29, 1.82) is 0 Å². The van der Waals surface area contributed by atoms with E-state index in [1.54, 1.807) is 35.7 Å². The molecule has 0 radical (unpaired) electrons. The number of methoxy groups -OCH3 is 1. The lowest BCUT2D eigenvalue weighted by atomic mass is 10.1. The molecule has 2 saturated heterocycles. The van der Waals surface area contributed by atoms with E-state index in [2.05, 4.69) is 60.4 Å². The van der Waals surface area contributed by atoms with E-state index in [0.717, 1.165) is 0 Å². The van der Waals surface area contributed by atoms with E-state index in [9.17, 15) is 4.79 Å². The summed E-state index contributed by atoms with van der Waals surface area (Å²) in [5, 5.41) is -0.269. The molecule has 188 valence electrons. The van der Waals surface area contributed by atoms with Gasteiger partial charge in [-0.1, -0.05) is 55.4 Å². The van der Waals surface area contributed by atoms with Crippen molar-refractivity contribution in [2.24, 2.45) is 0 Å². The van der Waals surface area contributed by atoms with Gasteiger partial charge in [0.25, 0.3) is 0 Å². The molecule has 2 N–H and O–H groups in total. The molecule has 2 aliphatic heterocycles. The minimum atomic E-state index is -2.76. The lowest BCUT2D eigenvalue weighted by Gasteiger charge is -2.51. The smallest absolute Gasteiger partial charge is 0.350 e. The third kappa shape index (κ3) is 4.74. The van der Waals surface area contributed by atoms with Gasteiger partial charge in [-0.15, -0.1) is 11.8 Å². The van der Waals surface area contributed by atoms with Crippen LogP contribution in [0, 0.1) is 0 Å². The minimum Gasteiger partial charge on any atom is -0.414 e. The normalized spacial score (nSPS) is 29.5. The average Bonchev–Trinajstić information content (AvgIpc) is 3.03. The molecule has 0 bridgehead atoms. The Morgan fingerprint density at radius 2 is 1.67 bits per heavy atom. The van der Waals surface area contributed by atoms with Gasteiger partial charge in [-0.25, -0.2) is 4.79 Å². The molecule has 1 aromatic heterocycles. The summed E-state index contributed by atoms with van der Waals surface area (Å²) in [6, 6.07) is 1.65. The number of thioether (sulfide) groups is 1. The van der Waals surface area contributed by atoms with Crippen LogP contribution >= 0.6 is 11.8 Å². The minimum absolute atomic E-state index is 0.0158. The Morgan fingerprint density at radius 3 is 2.15 bits per heavy atom. The number of nitrogens with zero attached hydrogens (tertiary/aromatic N) is 2. The van der Waals surface area contributed by atoms with Crippen LogP contribution in [0.4, 0.5) is 5.82 Å². The first-order valence-electron chi connectivity index (χ1n) is 11.9. The maximum atomic E-state index is 12.7. The Labute approximate surface area is 204 Å². The van der Waals surface area contributed by atoms with E-state index in [0.29, 0.717) is 6.61 Å². The highest BCUT2D eigenvalue weighted by molar-refractivity contribution is 8.00. The van der Waals surface area contributed by atoms with Crippen molar-refractivity contribution in [2.75, 3.05) is 19.5 Å². The molecule has 33 heavy (non-hydrogen) atoms. The van der Waals surface area contributed by atoms with Crippen LogP contribution in [0.2, 0.25) is 22.2 Å². The molecule has 8 nitrogen and oxygen atoms in total. The highest BCUT2D eigenvalue weighted by atomic mass is 32.2. The number of aromatic nitrogens is 2. The second kappa shape index (κ2) is 10.1. The van der Waals surface area contributed by atoms with Gasteiger partial charge in [0, 0.05) is 13.3 Å². The average molecular weight is 516 g/mol. The first-order chi connectivity index (χ1) is 15.4. The number of fused-ring (bicyclic) bond motifs is 1. The molecule has 0 spiro atoms. The summed E-state index contributed by atoms with van der Waals surface area (Å²) in [4.78, 5) is 16.6. The summed E-state index contributed by atoms with van der Waals surface area (Å²) in [7, 11) is -3.69. The monoisotopic (exact) mass is 515 g/mol. The lowest BCUT2D eigenvalue weighted by molar-refractivity contribution is -0.0315. The van der Waals surface area contributed by atoms with Crippen LogP contribution in [0.5, 0.6) is 0 Å². The molecule has 4 atom stereocenters. The highest BCUT2D eigenvalue weighted by Crippen LogP contribution is 2.52. The largest absolute Gasteiger partial charge is 0.414 e. The Bertz CT molecular complexity index is 866. The van der Waals surface area contributed by atoms with E-state index < -0.39 is 17.1 Å². The molecule has 0 unspecified atom stereocenters. The third-order valence-corrected chi connectivity index (χ3v) is 18.8. The summed E-state index contributed by atoms with van der Waals surface area (Å²) in [5.74, 6) is 0.211. The van der Waals surface area contributed by atoms with Gasteiger partial charge < -0.3 is 23.4 Å². The number of anilines is 1. The van der Waals surface area contributed by atoms with Crippen molar-refractivity contribution in [3.8, 4) is 0 Å². The first kappa shape index (κ1) is 26.9. The van der Waals surface area contributed by atoms with Crippen LogP contribution < -0.4 is 11.4 Å². The zero-order valence-corrected chi connectivity index (χ0v) is 24.2. The van der Waals surface area contributed by atoms with Gasteiger partial charge in [0.2, 0.25) is 0 Å². The summed E-state index contributed by atoms with van der Waals surface area (Å²) in [6.07, 6.45) is 1.10. The highest BCUT2D eigenvalue weighted by Gasteiger charge is 2.61. The van der Waals surface area contributed by atoms with Gasteiger partial charge in [0.15, 0.2) is 0 Å². The molecule has 1 aromatic rings. The van der Waals surface area contributed by atoms with Crippen LogP contribution in [0.15, 0.2) is 17.1 Å². The van der Waals surface area contributed by atoms with Crippen molar-refractivity contribution in [2.45, 2.75) is 100 Å². The lowest BCUT2D eigenvalue weighted by Crippen LogP contribution is -2.65.